The zero-order valence-electron chi connectivity index (χ0n) is 20.5. The first-order chi connectivity index (χ1) is 19.8. The van der Waals surface area contributed by atoms with Gasteiger partial charge in [-0.2, -0.15) is 0 Å². The van der Waals surface area contributed by atoms with Crippen LogP contribution in [0.25, 0.3) is 32.9 Å². The minimum absolute atomic E-state index is 0.0118. The van der Waals surface area contributed by atoms with Gasteiger partial charge in [0.2, 0.25) is 11.2 Å². The minimum Gasteiger partial charge on any atom is -0.744 e. The second-order valence-electron chi connectivity index (χ2n) is 8.45. The third kappa shape index (κ3) is 5.64. The van der Waals surface area contributed by atoms with Crippen LogP contribution in [0.15, 0.2) is 96.1 Å². The molecule has 214 valence electrons. The highest BCUT2D eigenvalue weighted by Crippen LogP contribution is 2.26. The van der Waals surface area contributed by atoms with E-state index in [1.807, 2.05) is 48.5 Å². The molecule has 4 aromatic carbocycles. The fourth-order valence-corrected chi connectivity index (χ4v) is 6.82. The van der Waals surface area contributed by atoms with Crippen LogP contribution in [0.4, 0.5) is 22.0 Å². The number of hydrogen-bond donors (Lipinski definition) is 0. The van der Waals surface area contributed by atoms with Crippen LogP contribution in [0.5, 0.6) is 0 Å². The fourth-order valence-electron chi connectivity index (χ4n) is 3.86. The Morgan fingerprint density at radius 1 is 0.619 bits per heavy atom. The van der Waals surface area contributed by atoms with Gasteiger partial charge in [0.15, 0.2) is 30.4 Å². The second-order valence-corrected chi connectivity index (χ2v) is 12.8. The van der Waals surface area contributed by atoms with E-state index in [9.17, 15) is 44.5 Å². The molecule has 0 fully saturated rings. The van der Waals surface area contributed by atoms with Crippen LogP contribution >= 0.6 is 0 Å². The van der Waals surface area contributed by atoms with E-state index < -0.39 is 65.3 Å². The maximum Gasteiger partial charge on any atom is 0.358 e. The quantitative estimate of drug-likeness (QED) is 0.0526. The molecule has 2 heterocycles. The number of para-hydroxylation sites is 1. The third-order valence-corrected chi connectivity index (χ3v) is 9.21. The molecule has 14 heteroatoms. The molecule has 0 saturated carbocycles. The largest absolute Gasteiger partial charge is 0.744 e. The summed E-state index contributed by atoms with van der Waals surface area (Å²) in [6.45, 7) is 0. The number of benzene rings is 4. The van der Waals surface area contributed by atoms with Crippen molar-refractivity contribution in [1.29, 1.82) is 0 Å². The molecule has 7 nitrogen and oxygen atoms in total. The summed E-state index contributed by atoms with van der Waals surface area (Å²) in [5, 5.41) is 2.08. The maximum absolute atomic E-state index is 12.8. The van der Waals surface area contributed by atoms with Crippen molar-refractivity contribution in [3.63, 3.8) is 0 Å². The molecule has 42 heavy (non-hydrogen) atoms. The van der Waals surface area contributed by atoms with Crippen molar-refractivity contribution in [2.24, 2.45) is 0 Å². The lowest BCUT2D eigenvalue weighted by molar-refractivity contribution is -0.597. The average Bonchev–Trinajstić information content (AvgIpc) is 2.95. The van der Waals surface area contributed by atoms with Crippen LogP contribution in [0.2, 0.25) is 0 Å². The van der Waals surface area contributed by atoms with Crippen molar-refractivity contribution < 1.29 is 65.0 Å². The van der Waals surface area contributed by atoms with E-state index >= 15 is 0 Å². The highest BCUT2D eigenvalue weighted by atomic mass is 127. The minimum atomic E-state index is -5.77. The van der Waals surface area contributed by atoms with Gasteiger partial charge in [0, 0.05) is 23.6 Å². The summed E-state index contributed by atoms with van der Waals surface area (Å²) in [7, 11) is -5.77. The predicted octanol–water partition coefficient (Wildman–Crippen LogP) is 2.47. The van der Waals surface area contributed by atoms with Crippen molar-refractivity contribution in [3.05, 3.63) is 130 Å². The van der Waals surface area contributed by atoms with Crippen LogP contribution in [-0.4, -0.2) is 13.0 Å². The summed E-state index contributed by atoms with van der Waals surface area (Å²) in [5.41, 5.74) is 1.42. The van der Waals surface area contributed by atoms with Gasteiger partial charge < -0.3 is 13.4 Å². The van der Waals surface area contributed by atoms with Crippen LogP contribution in [0.3, 0.4) is 0 Å². The van der Waals surface area contributed by atoms with Crippen molar-refractivity contribution in [1.82, 2.24) is 0 Å². The number of hydrogen-bond acceptors (Lipinski definition) is 7. The van der Waals surface area contributed by atoms with Gasteiger partial charge in [-0.05, 0) is 42.5 Å². The number of rotatable bonds is 3. The predicted molar refractivity (Wildman–Crippen MR) is 134 cm³/mol. The molecule has 0 aliphatic carbocycles. The van der Waals surface area contributed by atoms with Gasteiger partial charge in [-0.3, -0.25) is 4.79 Å². The van der Waals surface area contributed by atoms with Crippen molar-refractivity contribution in [3.8, 4) is 0 Å². The van der Waals surface area contributed by atoms with Crippen molar-refractivity contribution >= 4 is 43.0 Å². The Kier molecular flexibility index (Phi) is 7.87. The zero-order valence-corrected chi connectivity index (χ0v) is 23.4. The molecule has 0 atom stereocenters. The van der Waals surface area contributed by atoms with Gasteiger partial charge in [-0.15, -0.1) is 0 Å². The van der Waals surface area contributed by atoms with E-state index in [-0.39, 0.29) is 11.1 Å². The average molecular weight is 714 g/mol. The van der Waals surface area contributed by atoms with Crippen molar-refractivity contribution in [2.45, 2.75) is 4.90 Å². The van der Waals surface area contributed by atoms with Crippen molar-refractivity contribution in [2.75, 3.05) is 0 Å². The molecule has 0 amide bonds. The lowest BCUT2D eigenvalue weighted by Gasteiger charge is -2.10. The van der Waals surface area contributed by atoms with Gasteiger partial charge in [0.05, 0.1) is 10.8 Å². The Hall–Kier alpha value is -4.15. The molecule has 0 bridgehead atoms. The molecule has 6 aromatic rings. The van der Waals surface area contributed by atoms with Gasteiger partial charge in [0.1, 0.15) is 31.8 Å². The highest BCUT2D eigenvalue weighted by Gasteiger charge is 2.29. The van der Waals surface area contributed by atoms with Gasteiger partial charge >= 0.3 is 26.8 Å². The Bertz CT molecular complexity index is 2240. The van der Waals surface area contributed by atoms with Gasteiger partial charge in [0.25, 0.3) is 0 Å². The third-order valence-electron chi connectivity index (χ3n) is 5.76. The van der Waals surface area contributed by atoms with Crippen LogP contribution in [-0.2, 0) is 10.1 Å². The summed E-state index contributed by atoms with van der Waals surface area (Å²) >= 11 is -0.530. The first-order valence-corrected chi connectivity index (χ1v) is 15.0. The molecular formula is C28H12F5IO7S. The number of fused-ring (bicyclic) bond motifs is 3. The highest BCUT2D eigenvalue weighted by molar-refractivity contribution is 7.85. The lowest BCUT2D eigenvalue weighted by Crippen LogP contribution is -3.61. The van der Waals surface area contributed by atoms with Crippen LogP contribution < -0.4 is 32.3 Å². The Labute approximate surface area is 241 Å². The smallest absolute Gasteiger partial charge is 0.358 e. The topological polar surface area (TPSA) is 118 Å². The van der Waals surface area contributed by atoms with E-state index in [1.165, 1.54) is 6.07 Å². The zero-order chi connectivity index (χ0) is 30.3. The van der Waals surface area contributed by atoms with E-state index in [0.29, 0.717) is 27.5 Å². The summed E-state index contributed by atoms with van der Waals surface area (Å²) < 4.78 is 106. The fraction of sp³-hybridized carbons (Fsp3) is 0. The summed E-state index contributed by atoms with van der Waals surface area (Å²) in [5.74, 6) is -12.8. The first kappa shape index (κ1) is 29.3. The van der Waals surface area contributed by atoms with Gasteiger partial charge in [-0.25, -0.2) is 35.2 Å². The van der Waals surface area contributed by atoms with E-state index in [2.05, 4.69) is 0 Å². The van der Waals surface area contributed by atoms with Crippen LogP contribution in [0, 0.1) is 36.2 Å². The summed E-state index contributed by atoms with van der Waals surface area (Å²) in [6, 6.07) is 22.2. The second kappa shape index (κ2) is 11.3. The Morgan fingerprint density at radius 3 is 1.88 bits per heavy atom. The first-order valence-electron chi connectivity index (χ1n) is 11.5. The molecule has 0 spiro atoms. The summed E-state index contributed by atoms with van der Waals surface area (Å²) in [4.78, 5) is 21.9. The van der Waals surface area contributed by atoms with E-state index in [1.54, 1.807) is 18.2 Å². The molecule has 2 aromatic heterocycles. The molecule has 0 N–H and O–H groups in total. The van der Waals surface area contributed by atoms with Gasteiger partial charge in [-0.1, -0.05) is 12.1 Å². The van der Waals surface area contributed by atoms with E-state index in [4.69, 9.17) is 8.83 Å². The standard InChI is InChI=1S/C22H12IO4.C6HF5O3S/c24-21-10-6-13-5-7-15(12-20(13)27-21)23-14-8-9-19-17(11-14)22(25)16-3-1-2-4-18(16)26-19;7-1-2(8)4(10)6(15(12,13)14)5(11)3(1)9/h1-12H;(H,12,13,14)/q+1;/p-1. The molecule has 0 unspecified atom stereocenters. The lowest BCUT2D eigenvalue weighted by atomic mass is 10.1. The molecule has 0 radical (unpaired) electrons. The normalized spacial score (nSPS) is 11.6. The molecule has 0 aliphatic rings. The van der Waals surface area contributed by atoms with E-state index in [0.717, 1.165) is 12.5 Å². The van der Waals surface area contributed by atoms with Crippen LogP contribution in [0.1, 0.15) is 0 Å². The number of halogens is 6. The molecular weight excluding hydrogens is 702 g/mol. The SMILES string of the molecule is O=S(=O)([O-])c1c(F)c(F)c(F)c(F)c1F.O=c1ccc2ccc([I+]c3ccc4oc5ccccc5c(=O)c4c3)cc2o1. The molecule has 0 saturated heterocycles. The maximum atomic E-state index is 12.8. The molecule has 6 rings (SSSR count). The Morgan fingerprint density at radius 2 is 1.19 bits per heavy atom. The Balaban J connectivity index is 0.000000201. The summed E-state index contributed by atoms with van der Waals surface area (Å²) in [6.07, 6.45) is 0. The molecule has 0 aliphatic heterocycles. The monoisotopic (exact) mass is 714 g/mol.